The summed E-state index contributed by atoms with van der Waals surface area (Å²) >= 11 is 0. The van der Waals surface area contributed by atoms with Crippen LogP contribution in [0.4, 0.5) is 4.79 Å². The Balaban J connectivity index is 1.19. The zero-order valence-corrected chi connectivity index (χ0v) is 17.0. The molecule has 2 bridgehead atoms. The molecule has 152 valence electrons. The summed E-state index contributed by atoms with van der Waals surface area (Å²) in [7, 11) is -2.92. The van der Waals surface area contributed by atoms with Gasteiger partial charge in [-0.05, 0) is 53.9 Å². The van der Waals surface area contributed by atoms with E-state index in [0.717, 1.165) is 12.8 Å². The number of hydrogen-bond donors (Lipinski definition) is 1. The Labute approximate surface area is 171 Å². The number of fused-ring (bicyclic) bond motifs is 5. The standard InChI is InChI=1S/C23H25NO4S/c25-23(24-13-15-11-16-9-10-17(12-15)29(16,26)27)28-14-22-20-7-3-1-5-18(20)19-6-2-4-8-21(19)22/h1-8,15-17,22H,9-14H2,(H,24,25). The van der Waals surface area contributed by atoms with E-state index in [-0.39, 0.29) is 22.3 Å². The molecule has 2 aliphatic heterocycles. The fourth-order valence-corrected chi connectivity index (χ4v) is 7.91. The second kappa shape index (κ2) is 7.17. The summed E-state index contributed by atoms with van der Waals surface area (Å²) in [6.07, 6.45) is 2.43. The van der Waals surface area contributed by atoms with Crippen molar-refractivity contribution in [3.05, 3.63) is 59.7 Å². The quantitative estimate of drug-likeness (QED) is 0.829. The first-order chi connectivity index (χ1) is 14.0. The monoisotopic (exact) mass is 411 g/mol. The minimum atomic E-state index is -2.92. The van der Waals surface area contributed by atoms with Gasteiger partial charge >= 0.3 is 6.09 Å². The van der Waals surface area contributed by atoms with Crippen LogP contribution < -0.4 is 5.32 Å². The van der Waals surface area contributed by atoms with Crippen molar-refractivity contribution in [2.24, 2.45) is 5.92 Å². The number of hydrogen-bond acceptors (Lipinski definition) is 4. The summed E-state index contributed by atoms with van der Waals surface area (Å²) in [4.78, 5) is 12.3. The fraction of sp³-hybridized carbons (Fsp3) is 0.435. The number of alkyl carbamates (subject to hydrolysis) is 1. The predicted molar refractivity (Wildman–Crippen MR) is 112 cm³/mol. The molecule has 0 radical (unpaired) electrons. The van der Waals surface area contributed by atoms with Crippen molar-refractivity contribution in [3.8, 4) is 11.1 Å². The molecule has 0 aromatic heterocycles. The maximum Gasteiger partial charge on any atom is 0.407 e. The van der Waals surface area contributed by atoms with E-state index in [0.29, 0.717) is 26.0 Å². The van der Waals surface area contributed by atoms with Crippen LogP contribution in [0.15, 0.2) is 48.5 Å². The van der Waals surface area contributed by atoms with Crippen LogP contribution in [0.5, 0.6) is 0 Å². The third kappa shape index (κ3) is 3.23. The van der Waals surface area contributed by atoms with Gasteiger partial charge in [0.15, 0.2) is 9.84 Å². The molecule has 1 amide bonds. The highest BCUT2D eigenvalue weighted by Gasteiger charge is 2.46. The zero-order valence-electron chi connectivity index (χ0n) is 16.2. The van der Waals surface area contributed by atoms with E-state index >= 15 is 0 Å². The summed E-state index contributed by atoms with van der Waals surface area (Å²) in [5.41, 5.74) is 4.79. The molecule has 2 atom stereocenters. The van der Waals surface area contributed by atoms with Gasteiger partial charge in [-0.2, -0.15) is 0 Å². The Hall–Kier alpha value is -2.34. The van der Waals surface area contributed by atoms with Crippen molar-refractivity contribution in [2.45, 2.75) is 42.1 Å². The molecule has 2 heterocycles. The van der Waals surface area contributed by atoms with Crippen LogP contribution in [-0.2, 0) is 14.6 Å². The lowest BCUT2D eigenvalue weighted by atomic mass is 9.98. The van der Waals surface area contributed by atoms with Crippen LogP contribution in [0, 0.1) is 5.92 Å². The molecule has 2 aromatic rings. The molecule has 5 nitrogen and oxygen atoms in total. The number of rotatable bonds is 4. The van der Waals surface area contributed by atoms with Gasteiger partial charge < -0.3 is 10.1 Å². The third-order valence-corrected chi connectivity index (χ3v) is 9.53. The molecular formula is C23H25NO4S. The molecule has 2 saturated heterocycles. The Morgan fingerprint density at radius 2 is 1.48 bits per heavy atom. The van der Waals surface area contributed by atoms with Gasteiger partial charge in [0.2, 0.25) is 0 Å². The van der Waals surface area contributed by atoms with Crippen LogP contribution in [-0.4, -0.2) is 38.2 Å². The van der Waals surface area contributed by atoms with Crippen LogP contribution in [0.1, 0.15) is 42.7 Å². The van der Waals surface area contributed by atoms with Gasteiger partial charge in [0.05, 0.1) is 10.5 Å². The van der Waals surface area contributed by atoms with Gasteiger partial charge in [-0.25, -0.2) is 13.2 Å². The second-order valence-electron chi connectivity index (χ2n) is 8.45. The molecule has 1 aliphatic carbocycles. The minimum absolute atomic E-state index is 0.0452. The van der Waals surface area contributed by atoms with E-state index in [1.807, 2.05) is 24.3 Å². The van der Waals surface area contributed by atoms with Gasteiger partial charge in [0.1, 0.15) is 6.61 Å². The van der Waals surface area contributed by atoms with E-state index in [9.17, 15) is 13.2 Å². The number of nitrogens with one attached hydrogen (secondary N) is 1. The summed E-state index contributed by atoms with van der Waals surface area (Å²) in [6.45, 7) is 0.781. The number of sulfone groups is 1. The lowest BCUT2D eigenvalue weighted by Crippen LogP contribution is -2.39. The largest absolute Gasteiger partial charge is 0.449 e. The number of amides is 1. The topological polar surface area (TPSA) is 72.5 Å². The van der Waals surface area contributed by atoms with Crippen LogP contribution in [0.2, 0.25) is 0 Å². The van der Waals surface area contributed by atoms with Gasteiger partial charge in [-0.3, -0.25) is 0 Å². The van der Waals surface area contributed by atoms with Gasteiger partial charge in [0.25, 0.3) is 0 Å². The molecule has 0 spiro atoms. The van der Waals surface area contributed by atoms with E-state index in [1.54, 1.807) is 0 Å². The van der Waals surface area contributed by atoms with E-state index < -0.39 is 15.9 Å². The fourth-order valence-electron chi connectivity index (χ4n) is 5.36. The maximum atomic E-state index is 12.3. The molecule has 29 heavy (non-hydrogen) atoms. The van der Waals surface area contributed by atoms with E-state index in [4.69, 9.17) is 4.74 Å². The molecule has 3 aliphatic rings. The maximum absolute atomic E-state index is 12.3. The molecule has 6 heteroatoms. The number of ether oxygens (including phenoxy) is 1. The van der Waals surface area contributed by atoms with Crippen molar-refractivity contribution in [1.29, 1.82) is 0 Å². The summed E-state index contributed by atoms with van der Waals surface area (Å²) in [5, 5.41) is 2.44. The Morgan fingerprint density at radius 3 is 2.07 bits per heavy atom. The normalized spacial score (nSPS) is 26.6. The number of benzene rings is 2. The van der Waals surface area contributed by atoms with Crippen LogP contribution in [0.25, 0.3) is 11.1 Å². The summed E-state index contributed by atoms with van der Waals surface area (Å²) < 4.78 is 30.0. The molecule has 2 fully saturated rings. The summed E-state index contributed by atoms with van der Waals surface area (Å²) in [6, 6.07) is 16.5. The third-order valence-electron chi connectivity index (χ3n) is 6.81. The average Bonchev–Trinajstić information content (AvgIpc) is 3.06. The zero-order chi connectivity index (χ0) is 20.0. The van der Waals surface area contributed by atoms with E-state index in [2.05, 4.69) is 29.6 Å². The smallest absolute Gasteiger partial charge is 0.407 e. The number of carbonyl (C=O) groups is 1. The molecule has 2 unspecified atom stereocenters. The lowest BCUT2D eigenvalue weighted by Gasteiger charge is -2.27. The highest BCUT2D eigenvalue weighted by molar-refractivity contribution is 7.93. The predicted octanol–water partition coefficient (Wildman–Crippen LogP) is 3.88. The lowest BCUT2D eigenvalue weighted by molar-refractivity contribution is 0.141. The van der Waals surface area contributed by atoms with Crippen molar-refractivity contribution in [2.75, 3.05) is 13.2 Å². The summed E-state index contributed by atoms with van der Waals surface area (Å²) in [5.74, 6) is 0.264. The number of carbonyl (C=O) groups excluding carboxylic acids is 1. The molecule has 5 rings (SSSR count). The average molecular weight is 412 g/mol. The first-order valence-corrected chi connectivity index (χ1v) is 12.0. The van der Waals surface area contributed by atoms with Gasteiger partial charge in [0, 0.05) is 12.5 Å². The van der Waals surface area contributed by atoms with E-state index in [1.165, 1.54) is 22.3 Å². The van der Waals surface area contributed by atoms with Crippen LogP contribution in [0.3, 0.4) is 0 Å². The highest BCUT2D eigenvalue weighted by atomic mass is 32.2. The van der Waals surface area contributed by atoms with Crippen LogP contribution >= 0.6 is 0 Å². The first kappa shape index (κ1) is 18.7. The second-order valence-corrected chi connectivity index (χ2v) is 11.0. The molecular weight excluding hydrogens is 386 g/mol. The van der Waals surface area contributed by atoms with Gasteiger partial charge in [-0.15, -0.1) is 0 Å². The van der Waals surface area contributed by atoms with Crippen molar-refractivity contribution >= 4 is 15.9 Å². The van der Waals surface area contributed by atoms with Gasteiger partial charge in [-0.1, -0.05) is 48.5 Å². The van der Waals surface area contributed by atoms with Crippen molar-refractivity contribution < 1.29 is 17.9 Å². The Kier molecular flexibility index (Phi) is 4.62. The minimum Gasteiger partial charge on any atom is -0.449 e. The van der Waals surface area contributed by atoms with Crippen molar-refractivity contribution in [3.63, 3.8) is 0 Å². The molecule has 1 N–H and O–H groups in total. The van der Waals surface area contributed by atoms with Crippen molar-refractivity contribution in [1.82, 2.24) is 5.32 Å². The highest BCUT2D eigenvalue weighted by Crippen LogP contribution is 2.44. The molecule has 2 aromatic carbocycles. The SMILES string of the molecule is O=C(NCC1CC2CCC(C1)S2(=O)=O)OCC1c2ccccc2-c2ccccc21. The molecule has 0 saturated carbocycles. The Bertz CT molecular complexity index is 983. The first-order valence-electron chi connectivity index (χ1n) is 10.4. The Morgan fingerprint density at radius 1 is 0.931 bits per heavy atom.